The Morgan fingerprint density at radius 2 is 1.90 bits per heavy atom. The molecule has 6 atom stereocenters. The van der Waals surface area contributed by atoms with Crippen molar-refractivity contribution in [1.29, 1.82) is 0 Å². The van der Waals surface area contributed by atoms with Gasteiger partial charge in [0, 0.05) is 24.4 Å². The van der Waals surface area contributed by atoms with Gasteiger partial charge in [0.25, 0.3) is 0 Å². The number of nitrogens with one attached hydrogen (secondary N) is 2. The Balaban J connectivity index is 1.38. The number of aromatic nitrogens is 1. The van der Waals surface area contributed by atoms with Crippen LogP contribution in [-0.2, 0) is 18.9 Å². The van der Waals surface area contributed by atoms with Crippen LogP contribution in [0.25, 0.3) is 10.9 Å². The number of hydrogen-bond donors (Lipinski definition) is 3. The lowest BCUT2D eigenvalue weighted by Crippen LogP contribution is -2.64. The molecule has 3 aromatic rings. The van der Waals surface area contributed by atoms with Crippen molar-refractivity contribution in [3.8, 4) is 0 Å². The highest BCUT2D eigenvalue weighted by Crippen LogP contribution is 2.35. The van der Waals surface area contributed by atoms with Crippen LogP contribution in [0.2, 0.25) is 0 Å². The Kier molecular flexibility index (Phi) is 5.47. The molecule has 3 N–H and O–H groups in total. The van der Waals surface area contributed by atoms with Crippen LogP contribution in [0.15, 0.2) is 65.5 Å². The minimum Gasteiger partial charge on any atom is -0.388 e. The lowest BCUT2D eigenvalue weighted by atomic mass is 9.95. The van der Waals surface area contributed by atoms with Gasteiger partial charge < -0.3 is 34.4 Å². The molecule has 31 heavy (non-hydrogen) atoms. The van der Waals surface area contributed by atoms with Crippen LogP contribution in [0.3, 0.4) is 0 Å². The van der Waals surface area contributed by atoms with Gasteiger partial charge in [0.1, 0.15) is 24.4 Å². The number of rotatable bonds is 4. The Hall–Kier alpha value is -2.75. The third-order valence-electron chi connectivity index (χ3n) is 5.73. The maximum Gasteiger partial charge on any atom is 0.248 e. The van der Waals surface area contributed by atoms with Crippen molar-refractivity contribution in [3.05, 3.63) is 76.6 Å². The average Bonchev–Trinajstić information content (AvgIpc) is 2.81. The number of methoxy groups -OCH3 is 1. The number of anilines is 1. The van der Waals surface area contributed by atoms with Gasteiger partial charge in [-0.25, -0.2) is 0 Å². The average molecular weight is 424 g/mol. The Morgan fingerprint density at radius 3 is 2.71 bits per heavy atom. The molecule has 4 unspecified atom stereocenters. The normalized spacial score (nSPS) is 30.6. The van der Waals surface area contributed by atoms with Crippen LogP contribution in [0.4, 0.5) is 5.69 Å². The largest absolute Gasteiger partial charge is 0.388 e. The minimum absolute atomic E-state index is 0.175. The van der Waals surface area contributed by atoms with E-state index in [9.17, 15) is 9.90 Å². The lowest BCUT2D eigenvalue weighted by molar-refractivity contribution is -0.337. The number of fused-ring (bicyclic) bond motifs is 2. The summed E-state index contributed by atoms with van der Waals surface area (Å²) in [4.78, 5) is 14.5. The molecule has 2 aromatic carbocycles. The molecule has 0 amide bonds. The molecule has 2 saturated heterocycles. The molecular formula is C23H24N2O6. The molecular weight excluding hydrogens is 400 g/mol. The van der Waals surface area contributed by atoms with Crippen LogP contribution < -0.4 is 10.9 Å². The number of benzene rings is 2. The van der Waals surface area contributed by atoms with E-state index in [4.69, 9.17) is 18.9 Å². The summed E-state index contributed by atoms with van der Waals surface area (Å²) in [6.07, 6.45) is -3.24. The molecule has 2 fully saturated rings. The zero-order valence-electron chi connectivity index (χ0n) is 16.9. The van der Waals surface area contributed by atoms with Gasteiger partial charge in [0.05, 0.1) is 12.1 Å². The van der Waals surface area contributed by atoms with Gasteiger partial charge in [0.15, 0.2) is 12.6 Å². The molecule has 0 bridgehead atoms. The zero-order valence-corrected chi connectivity index (χ0v) is 16.9. The number of ether oxygens (including phenoxy) is 4. The highest BCUT2D eigenvalue weighted by atomic mass is 16.7. The first kappa shape index (κ1) is 20.2. The molecule has 0 saturated carbocycles. The van der Waals surface area contributed by atoms with Crippen molar-refractivity contribution in [2.24, 2.45) is 0 Å². The maximum atomic E-state index is 11.7. The topological polar surface area (TPSA) is 102 Å². The van der Waals surface area contributed by atoms with Crippen molar-refractivity contribution in [1.82, 2.24) is 4.98 Å². The van der Waals surface area contributed by atoms with Gasteiger partial charge in [-0.1, -0.05) is 36.4 Å². The third kappa shape index (κ3) is 3.96. The van der Waals surface area contributed by atoms with Crippen LogP contribution in [0.5, 0.6) is 0 Å². The molecule has 8 heteroatoms. The van der Waals surface area contributed by atoms with Crippen molar-refractivity contribution in [2.75, 3.05) is 19.0 Å². The van der Waals surface area contributed by atoms with Gasteiger partial charge in [-0.3, -0.25) is 4.79 Å². The maximum absolute atomic E-state index is 11.7. The van der Waals surface area contributed by atoms with Crippen molar-refractivity contribution in [3.63, 3.8) is 0 Å². The van der Waals surface area contributed by atoms with Crippen molar-refractivity contribution >= 4 is 16.6 Å². The summed E-state index contributed by atoms with van der Waals surface area (Å²) in [7, 11) is 1.53. The molecule has 0 aliphatic carbocycles. The molecule has 0 radical (unpaired) electrons. The fraction of sp³-hybridized carbons (Fsp3) is 0.348. The molecule has 162 valence electrons. The second-order valence-corrected chi connectivity index (χ2v) is 7.74. The summed E-state index contributed by atoms with van der Waals surface area (Å²) in [5, 5.41) is 15.4. The monoisotopic (exact) mass is 424 g/mol. The van der Waals surface area contributed by atoms with Crippen molar-refractivity contribution in [2.45, 2.75) is 36.9 Å². The van der Waals surface area contributed by atoms with Crippen LogP contribution in [0, 0.1) is 0 Å². The lowest BCUT2D eigenvalue weighted by Gasteiger charge is -2.47. The Labute approximate surface area is 178 Å². The van der Waals surface area contributed by atoms with E-state index >= 15 is 0 Å². The summed E-state index contributed by atoms with van der Waals surface area (Å²) in [6.45, 7) is 0.283. The zero-order chi connectivity index (χ0) is 21.4. The Bertz CT molecular complexity index is 1100. The summed E-state index contributed by atoms with van der Waals surface area (Å²) >= 11 is 0. The Morgan fingerprint density at radius 1 is 1.10 bits per heavy atom. The van der Waals surface area contributed by atoms with E-state index in [0.29, 0.717) is 11.2 Å². The van der Waals surface area contributed by atoms with E-state index in [1.807, 2.05) is 48.5 Å². The van der Waals surface area contributed by atoms with Crippen molar-refractivity contribution < 1.29 is 24.1 Å². The van der Waals surface area contributed by atoms with E-state index in [0.717, 1.165) is 10.9 Å². The smallest absolute Gasteiger partial charge is 0.248 e. The molecule has 2 aliphatic heterocycles. The standard InChI is InChI=1S/C23H24N2O6/c1-28-23-19(24-15-9-7-13-8-10-18(26)25-16(13)11-15)20(27)21-17(30-23)12-29-22(31-21)14-5-3-2-4-6-14/h2-11,17,19-24,27H,12H2,1H3,(H,25,26)/t17?,19?,20?,21-,22?,23+/m1/s1. The van der Waals surface area contributed by atoms with E-state index in [1.54, 1.807) is 6.07 Å². The van der Waals surface area contributed by atoms with Gasteiger partial charge >= 0.3 is 0 Å². The fourth-order valence-corrected chi connectivity index (χ4v) is 4.16. The fourth-order valence-electron chi connectivity index (χ4n) is 4.16. The summed E-state index contributed by atoms with van der Waals surface area (Å²) in [6, 6.07) is 17.8. The first-order valence-corrected chi connectivity index (χ1v) is 10.2. The number of H-pyrrole nitrogens is 1. The molecule has 3 heterocycles. The predicted octanol–water partition coefficient (Wildman–Crippen LogP) is 2.16. The minimum atomic E-state index is -0.913. The van der Waals surface area contributed by atoms with Gasteiger partial charge in [-0.05, 0) is 23.6 Å². The molecule has 1 aromatic heterocycles. The van der Waals surface area contributed by atoms with Gasteiger partial charge in [-0.15, -0.1) is 0 Å². The van der Waals surface area contributed by atoms with E-state index in [1.165, 1.54) is 13.2 Å². The first-order chi connectivity index (χ1) is 15.1. The van der Waals surface area contributed by atoms with E-state index in [2.05, 4.69) is 10.3 Å². The van der Waals surface area contributed by atoms with Crippen LogP contribution in [-0.4, -0.2) is 54.5 Å². The second-order valence-electron chi connectivity index (χ2n) is 7.74. The van der Waals surface area contributed by atoms with Crippen LogP contribution in [0.1, 0.15) is 11.9 Å². The first-order valence-electron chi connectivity index (χ1n) is 10.2. The number of aliphatic hydroxyl groups is 1. The third-order valence-corrected chi connectivity index (χ3v) is 5.73. The summed E-state index contributed by atoms with van der Waals surface area (Å²) < 4.78 is 23.4. The van der Waals surface area contributed by atoms with Crippen LogP contribution >= 0.6 is 0 Å². The quantitative estimate of drug-likeness (QED) is 0.590. The predicted molar refractivity (Wildman–Crippen MR) is 114 cm³/mol. The molecule has 5 rings (SSSR count). The highest BCUT2D eigenvalue weighted by molar-refractivity contribution is 5.81. The summed E-state index contributed by atoms with van der Waals surface area (Å²) in [5.41, 5.74) is 2.12. The van der Waals surface area contributed by atoms with Gasteiger partial charge in [-0.2, -0.15) is 0 Å². The number of hydrogen-bond acceptors (Lipinski definition) is 7. The van der Waals surface area contributed by atoms with E-state index in [-0.39, 0.29) is 12.2 Å². The van der Waals surface area contributed by atoms with Gasteiger partial charge in [0.2, 0.25) is 5.56 Å². The molecule has 2 aliphatic rings. The SMILES string of the molecule is CO[C@H]1OC2COC(c3ccccc3)O[C@H]2C(O)C1Nc1ccc2ccc(=O)[nH]c2c1. The number of aromatic amines is 1. The molecule has 0 spiro atoms. The van der Waals surface area contributed by atoms with E-state index < -0.39 is 36.9 Å². The number of aliphatic hydroxyl groups excluding tert-OH is 1. The summed E-state index contributed by atoms with van der Waals surface area (Å²) in [5.74, 6) is 0. The second kappa shape index (κ2) is 8.41. The highest BCUT2D eigenvalue weighted by Gasteiger charge is 2.49. The molecule has 8 nitrogen and oxygen atoms in total. The number of pyridine rings is 1.